The predicted molar refractivity (Wildman–Crippen MR) is 200 cm³/mol. The van der Waals surface area contributed by atoms with Crippen LogP contribution >= 0.6 is 0 Å². The molecule has 5 aromatic carbocycles. The first-order valence-electron chi connectivity index (χ1n) is 17.7. The number of hydrogen-bond donors (Lipinski definition) is 7. The molecule has 1 saturated heterocycles. The van der Waals surface area contributed by atoms with Crippen LogP contribution in [0.25, 0.3) is 21.9 Å². The Balaban J connectivity index is 1.48. The number of fused-ring (bicyclic) bond motifs is 3. The van der Waals surface area contributed by atoms with Crippen molar-refractivity contribution in [2.24, 2.45) is 11.5 Å². The number of phenolic OH excluding ortho intramolecular Hbond substituents is 1. The molecule has 2 aliphatic rings. The zero-order valence-corrected chi connectivity index (χ0v) is 30.1. The van der Waals surface area contributed by atoms with Gasteiger partial charge in [-0.15, -0.1) is 0 Å². The number of esters is 1. The Hall–Kier alpha value is -5.84. The third-order valence-corrected chi connectivity index (χ3v) is 10.3. The molecule has 14 nitrogen and oxygen atoms in total. The minimum atomic E-state index is -1.81. The quantitative estimate of drug-likeness (QED) is 0.0485. The Kier molecular flexibility index (Phi) is 10.3. The Morgan fingerprint density at radius 1 is 0.839 bits per heavy atom. The van der Waals surface area contributed by atoms with Gasteiger partial charge in [0.15, 0.2) is 17.9 Å². The monoisotopic (exact) mass is 762 g/mol. The fourth-order valence-electron chi connectivity index (χ4n) is 7.47. The number of ketones is 2. The highest BCUT2D eigenvalue weighted by atomic mass is 16.7. The maximum absolute atomic E-state index is 14.9. The van der Waals surface area contributed by atoms with E-state index < -0.39 is 72.3 Å². The van der Waals surface area contributed by atoms with Crippen LogP contribution in [0, 0.1) is 0 Å². The van der Waals surface area contributed by atoms with Crippen molar-refractivity contribution in [2.75, 3.05) is 0 Å². The van der Waals surface area contributed by atoms with Crippen molar-refractivity contribution in [3.05, 3.63) is 123 Å². The minimum absolute atomic E-state index is 0.0563. The highest BCUT2D eigenvalue weighted by Crippen LogP contribution is 2.47. The lowest BCUT2D eigenvalue weighted by Crippen LogP contribution is -2.58. The Bertz CT molecular complexity index is 2440. The van der Waals surface area contributed by atoms with Crippen molar-refractivity contribution >= 4 is 34.6 Å². The summed E-state index contributed by atoms with van der Waals surface area (Å²) < 4.78 is 17.4. The third kappa shape index (κ3) is 6.52. The van der Waals surface area contributed by atoms with E-state index in [-0.39, 0.29) is 62.4 Å². The Labute approximate surface area is 319 Å². The fourth-order valence-corrected chi connectivity index (χ4v) is 7.47. The maximum Gasteiger partial charge on any atom is 0.308 e. The van der Waals surface area contributed by atoms with Gasteiger partial charge in [0.25, 0.3) is 0 Å². The largest absolute Gasteiger partial charge is 0.507 e. The van der Waals surface area contributed by atoms with Gasteiger partial charge in [-0.05, 0) is 58.1 Å². The Morgan fingerprint density at radius 3 is 2.25 bits per heavy atom. The second-order valence-electron chi connectivity index (χ2n) is 13.8. The first-order valence-corrected chi connectivity index (χ1v) is 17.7. The molecule has 0 bridgehead atoms. The van der Waals surface area contributed by atoms with Gasteiger partial charge in [0.1, 0.15) is 35.6 Å². The number of aromatic hydroxyl groups is 1. The third-order valence-electron chi connectivity index (χ3n) is 10.3. The number of benzene rings is 5. The summed E-state index contributed by atoms with van der Waals surface area (Å²) in [5, 5.41) is 56.1. The van der Waals surface area contributed by atoms with E-state index in [1.807, 2.05) is 24.3 Å². The molecular formula is C42H38N2O12. The van der Waals surface area contributed by atoms with Gasteiger partial charge in [-0.1, -0.05) is 54.6 Å². The first-order chi connectivity index (χ1) is 26.7. The van der Waals surface area contributed by atoms with E-state index in [2.05, 4.69) is 0 Å². The van der Waals surface area contributed by atoms with Crippen molar-refractivity contribution < 1.29 is 58.9 Å². The predicted octanol–water partition coefficient (Wildman–Crippen LogP) is 2.93. The van der Waals surface area contributed by atoms with Gasteiger partial charge < -0.3 is 51.2 Å². The molecule has 288 valence electrons. The lowest BCUT2D eigenvalue weighted by atomic mass is 9.76. The van der Waals surface area contributed by atoms with E-state index in [0.717, 1.165) is 10.8 Å². The molecule has 1 aliphatic heterocycles. The fraction of sp³-hybridized carbons (Fsp3) is 0.238. The van der Waals surface area contributed by atoms with Crippen molar-refractivity contribution in [1.29, 1.82) is 0 Å². The highest BCUT2D eigenvalue weighted by molar-refractivity contribution is 6.32. The zero-order valence-electron chi connectivity index (χ0n) is 30.1. The molecule has 0 aromatic heterocycles. The molecule has 56 heavy (non-hydrogen) atoms. The van der Waals surface area contributed by atoms with Gasteiger partial charge in [0, 0.05) is 46.7 Å². The molecule has 0 radical (unpaired) electrons. The second kappa shape index (κ2) is 15.0. The van der Waals surface area contributed by atoms with Gasteiger partial charge in [-0.25, -0.2) is 0 Å². The summed E-state index contributed by atoms with van der Waals surface area (Å²) in [5.74, 6) is -3.50. The van der Waals surface area contributed by atoms with Crippen molar-refractivity contribution in [2.45, 2.75) is 63.7 Å². The minimum Gasteiger partial charge on any atom is -0.507 e. The van der Waals surface area contributed by atoms with E-state index in [1.54, 1.807) is 36.4 Å². The van der Waals surface area contributed by atoms with E-state index in [4.69, 9.17) is 25.7 Å². The molecule has 1 fully saturated rings. The molecule has 0 unspecified atom stereocenters. The normalized spacial score (nSPS) is 20.5. The van der Waals surface area contributed by atoms with E-state index >= 15 is 0 Å². The smallest absolute Gasteiger partial charge is 0.308 e. The average Bonchev–Trinajstić information content (AvgIpc) is 3.18. The van der Waals surface area contributed by atoms with Crippen LogP contribution in [0.5, 0.6) is 17.2 Å². The highest BCUT2D eigenvalue weighted by Gasteiger charge is 2.45. The first kappa shape index (κ1) is 38.4. The molecule has 5 atom stereocenters. The van der Waals surface area contributed by atoms with Gasteiger partial charge in [0.05, 0.1) is 24.4 Å². The van der Waals surface area contributed by atoms with Crippen LogP contribution in [0.3, 0.4) is 0 Å². The summed E-state index contributed by atoms with van der Waals surface area (Å²) >= 11 is 0. The van der Waals surface area contributed by atoms with Gasteiger partial charge in [-0.3, -0.25) is 19.2 Å². The van der Waals surface area contributed by atoms with Crippen LogP contribution < -0.4 is 20.9 Å². The summed E-state index contributed by atoms with van der Waals surface area (Å²) in [7, 11) is 0. The van der Waals surface area contributed by atoms with Gasteiger partial charge in [0.2, 0.25) is 6.29 Å². The number of aliphatic hydroxyl groups is 4. The van der Waals surface area contributed by atoms with Crippen LogP contribution in [0.15, 0.2) is 72.8 Å². The molecule has 14 heteroatoms. The SMILES string of the molecule is CC(=O)Oc1cc(CO)c2c(c1-c1ccc3ccccc3c1)C(=O)c1cc(O[C@H]3O[C@@H](C)[C@@H](O)[C@@H](O)[C@H]3O)c(Cc3cccc(C(N)N)c3C=O)c(O)c1C2=O. The number of carbonyl (C=O) groups excluding carboxylic acids is 4. The topological polar surface area (TPSA) is 249 Å². The molecule has 1 heterocycles. The standard InChI is InChI=1S/C42H38N2O12/c1-18-35(48)39(52)40(53)42(54-18)56-29-15-27-33(36(49)26(29)13-22-8-5-9-25(41(43)44)28(22)17-46)38(51)32-24(16-45)14-30(55-19(2)47)31(34(32)37(27)50)23-11-10-20-6-3-4-7-21(20)12-23/h3-12,14-15,17-18,35,39-42,45,48-49,52-53H,13,16,43-44H2,1-2H3/t18-,35+,39+,40+,42+/m0/s1. The second-order valence-corrected chi connectivity index (χ2v) is 13.8. The van der Waals surface area contributed by atoms with E-state index in [0.29, 0.717) is 17.4 Å². The number of rotatable bonds is 9. The molecule has 0 saturated carbocycles. The number of carbonyl (C=O) groups is 4. The number of aldehydes is 1. The van der Waals surface area contributed by atoms with E-state index in [1.165, 1.54) is 26.0 Å². The van der Waals surface area contributed by atoms with Gasteiger partial charge >= 0.3 is 5.97 Å². The summed E-state index contributed by atoms with van der Waals surface area (Å²) in [4.78, 5) is 54.4. The van der Waals surface area contributed by atoms with Crippen molar-refractivity contribution in [3.63, 3.8) is 0 Å². The number of aliphatic hydroxyl groups excluding tert-OH is 4. The Morgan fingerprint density at radius 2 is 1.57 bits per heavy atom. The molecule has 7 rings (SSSR count). The summed E-state index contributed by atoms with van der Waals surface area (Å²) in [6, 6.07) is 19.8. The number of nitrogens with two attached hydrogens (primary N) is 2. The summed E-state index contributed by atoms with van der Waals surface area (Å²) in [6.45, 7) is 1.85. The maximum atomic E-state index is 14.9. The summed E-state index contributed by atoms with van der Waals surface area (Å²) in [6.07, 6.45) is -8.50. The molecule has 9 N–H and O–H groups in total. The van der Waals surface area contributed by atoms with Crippen molar-refractivity contribution in [3.8, 4) is 28.4 Å². The van der Waals surface area contributed by atoms with Gasteiger partial charge in [-0.2, -0.15) is 0 Å². The lowest BCUT2D eigenvalue weighted by molar-refractivity contribution is -0.268. The zero-order chi connectivity index (χ0) is 40.2. The summed E-state index contributed by atoms with van der Waals surface area (Å²) in [5.41, 5.74) is 11.6. The van der Waals surface area contributed by atoms with Crippen LogP contribution in [-0.4, -0.2) is 80.1 Å². The van der Waals surface area contributed by atoms with Crippen molar-refractivity contribution in [1.82, 2.24) is 0 Å². The number of phenols is 1. The molecule has 0 spiro atoms. The van der Waals surface area contributed by atoms with Crippen LogP contribution in [-0.2, 0) is 22.6 Å². The lowest BCUT2D eigenvalue weighted by Gasteiger charge is -2.39. The van der Waals surface area contributed by atoms with Crippen LogP contribution in [0.1, 0.15) is 84.5 Å². The molecule has 5 aromatic rings. The molecule has 0 amide bonds. The number of ether oxygens (including phenoxy) is 3. The van der Waals surface area contributed by atoms with E-state index in [9.17, 15) is 44.7 Å². The number of hydrogen-bond acceptors (Lipinski definition) is 14. The molecule has 1 aliphatic carbocycles. The molecular weight excluding hydrogens is 724 g/mol. The van der Waals surface area contributed by atoms with Crippen LogP contribution in [0.4, 0.5) is 0 Å². The average molecular weight is 763 g/mol. The van der Waals surface area contributed by atoms with Crippen LogP contribution in [0.2, 0.25) is 0 Å².